The number of nitrogens with one attached hydrogen (secondary N) is 1. The first kappa shape index (κ1) is 20.4. The van der Waals surface area contributed by atoms with Crippen LogP contribution in [0.5, 0.6) is 0 Å². The van der Waals surface area contributed by atoms with E-state index in [9.17, 15) is 14.0 Å². The molecule has 2 atom stereocenters. The van der Waals surface area contributed by atoms with Crippen LogP contribution >= 0.6 is 35.6 Å². The van der Waals surface area contributed by atoms with Crippen LogP contribution in [0.2, 0.25) is 5.02 Å². The number of fused-ring (bicyclic) bond motifs is 4. The van der Waals surface area contributed by atoms with Crippen LogP contribution in [0.4, 0.5) is 10.1 Å². The van der Waals surface area contributed by atoms with E-state index in [1.165, 1.54) is 23.9 Å². The van der Waals surface area contributed by atoms with Crippen LogP contribution < -0.4 is 10.9 Å². The van der Waals surface area contributed by atoms with Gasteiger partial charge in [-0.25, -0.2) is 4.39 Å². The highest BCUT2D eigenvalue weighted by molar-refractivity contribution is 8.23. The predicted octanol–water partition coefficient (Wildman–Crippen LogP) is 3.72. The number of hydrogen-bond donors (Lipinski definition) is 1. The van der Waals surface area contributed by atoms with Crippen molar-refractivity contribution in [2.24, 2.45) is 5.92 Å². The Morgan fingerprint density at radius 3 is 2.90 bits per heavy atom. The van der Waals surface area contributed by atoms with Gasteiger partial charge in [0.15, 0.2) is 0 Å². The van der Waals surface area contributed by atoms with Crippen LogP contribution in [-0.2, 0) is 11.3 Å². The van der Waals surface area contributed by atoms with Gasteiger partial charge in [-0.15, -0.1) is 0 Å². The minimum Gasteiger partial charge on any atom is -0.356 e. The molecule has 1 fully saturated rings. The van der Waals surface area contributed by atoms with Gasteiger partial charge in [-0.05, 0) is 36.6 Å². The van der Waals surface area contributed by atoms with Crippen molar-refractivity contribution in [1.29, 1.82) is 0 Å². The van der Waals surface area contributed by atoms with E-state index in [2.05, 4.69) is 10.2 Å². The van der Waals surface area contributed by atoms with Gasteiger partial charge in [-0.3, -0.25) is 9.59 Å². The number of thiocarbonyl (C=S) groups is 1. The molecule has 0 aliphatic carbocycles. The van der Waals surface area contributed by atoms with E-state index in [1.54, 1.807) is 12.1 Å². The first-order valence-electron chi connectivity index (χ1n) is 9.27. The fraction of sp³-hybridized carbons (Fsp3) is 0.350. The summed E-state index contributed by atoms with van der Waals surface area (Å²) < 4.78 is 16.3. The molecular formula is C20H19ClFN3O2S2. The minimum absolute atomic E-state index is 0.0497. The normalized spacial score (nSPS) is 20.1. The monoisotopic (exact) mass is 451 g/mol. The summed E-state index contributed by atoms with van der Waals surface area (Å²) in [5.41, 5.74) is 1.20. The molecule has 2 aliphatic rings. The third kappa shape index (κ3) is 4.49. The molecular weight excluding hydrogens is 433 g/mol. The lowest BCUT2D eigenvalue weighted by atomic mass is 9.83. The van der Waals surface area contributed by atoms with Gasteiger partial charge in [0.25, 0.3) is 5.56 Å². The molecule has 0 radical (unpaired) electrons. The molecule has 5 nitrogen and oxygen atoms in total. The second-order valence-electron chi connectivity index (χ2n) is 7.33. The Morgan fingerprint density at radius 2 is 2.10 bits per heavy atom. The van der Waals surface area contributed by atoms with Crippen LogP contribution in [0, 0.1) is 11.7 Å². The molecule has 4 rings (SSSR count). The van der Waals surface area contributed by atoms with E-state index >= 15 is 0 Å². The number of benzene rings is 1. The third-order valence-corrected chi connectivity index (χ3v) is 7.03. The Balaban J connectivity index is 1.35. The Hall–Kier alpha value is -1.90. The van der Waals surface area contributed by atoms with E-state index < -0.39 is 5.82 Å². The number of amides is 1. The van der Waals surface area contributed by atoms with Crippen molar-refractivity contribution in [3.8, 4) is 0 Å². The molecule has 152 valence electrons. The number of aromatic nitrogens is 1. The number of nitrogens with zero attached hydrogens (tertiary/aromatic N) is 2. The predicted molar refractivity (Wildman–Crippen MR) is 118 cm³/mol. The number of carbonyl (C=O) groups is 1. The number of thioether (sulfide) groups is 1. The molecule has 2 bridgehead atoms. The number of halogens is 2. The lowest BCUT2D eigenvalue weighted by molar-refractivity contribution is -0.113. The molecule has 2 aliphatic heterocycles. The van der Waals surface area contributed by atoms with E-state index in [4.69, 9.17) is 23.8 Å². The van der Waals surface area contributed by atoms with Gasteiger partial charge in [0.05, 0.1) is 11.4 Å². The summed E-state index contributed by atoms with van der Waals surface area (Å²) >= 11 is 12.5. The first-order valence-corrected chi connectivity index (χ1v) is 11.0. The van der Waals surface area contributed by atoms with Crippen LogP contribution in [0.15, 0.2) is 41.2 Å². The number of carbonyl (C=O) groups excluding carboxylic acids is 1. The van der Waals surface area contributed by atoms with E-state index in [-0.39, 0.29) is 33.8 Å². The highest BCUT2D eigenvalue weighted by Gasteiger charge is 2.35. The van der Waals surface area contributed by atoms with Crippen molar-refractivity contribution >= 4 is 51.5 Å². The highest BCUT2D eigenvalue weighted by Crippen LogP contribution is 2.36. The Kier molecular flexibility index (Phi) is 5.94. The number of anilines is 1. The molecule has 2 aromatic rings. The summed E-state index contributed by atoms with van der Waals surface area (Å²) in [6.07, 6.45) is 1.05. The van der Waals surface area contributed by atoms with E-state index in [1.807, 2.05) is 10.6 Å². The summed E-state index contributed by atoms with van der Waals surface area (Å²) in [4.78, 5) is 26.4. The molecule has 1 amide bonds. The third-order valence-electron chi connectivity index (χ3n) is 5.27. The molecule has 1 aromatic carbocycles. The fourth-order valence-electron chi connectivity index (χ4n) is 4.04. The second kappa shape index (κ2) is 8.45. The number of hydrogen-bond acceptors (Lipinski definition) is 4. The molecule has 2 unspecified atom stereocenters. The van der Waals surface area contributed by atoms with Crippen LogP contribution in [-0.4, -0.2) is 38.5 Å². The molecule has 29 heavy (non-hydrogen) atoms. The average molecular weight is 452 g/mol. The Labute approximate surface area is 182 Å². The SMILES string of the molecule is O=C(CSC(=S)N1CC2CC(C1)c1cccc(=O)n1C2)Nc1ccc(Cl)cc1F. The van der Waals surface area contributed by atoms with Crippen LogP contribution in [0.1, 0.15) is 18.0 Å². The van der Waals surface area contributed by atoms with Crippen molar-refractivity contribution in [3.63, 3.8) is 0 Å². The molecule has 0 spiro atoms. The summed E-state index contributed by atoms with van der Waals surface area (Å²) in [5, 5.41) is 2.82. The van der Waals surface area contributed by atoms with E-state index in [0.29, 0.717) is 16.8 Å². The van der Waals surface area contributed by atoms with Gasteiger partial charge in [-0.2, -0.15) is 0 Å². The summed E-state index contributed by atoms with van der Waals surface area (Å²) in [6, 6.07) is 9.53. The maximum atomic E-state index is 13.8. The van der Waals surface area contributed by atoms with Crippen molar-refractivity contribution < 1.29 is 9.18 Å². The van der Waals surface area contributed by atoms with Gasteiger partial charge < -0.3 is 14.8 Å². The first-order chi connectivity index (χ1) is 13.9. The zero-order chi connectivity index (χ0) is 20.5. The maximum absolute atomic E-state index is 13.8. The maximum Gasteiger partial charge on any atom is 0.250 e. The van der Waals surface area contributed by atoms with Gasteiger partial charge in [0.2, 0.25) is 5.91 Å². The molecule has 1 aromatic heterocycles. The summed E-state index contributed by atoms with van der Waals surface area (Å²) in [7, 11) is 0. The second-order valence-corrected chi connectivity index (χ2v) is 9.38. The number of pyridine rings is 1. The molecule has 0 saturated carbocycles. The molecule has 1 saturated heterocycles. The lowest BCUT2D eigenvalue weighted by Crippen LogP contribution is -2.48. The topological polar surface area (TPSA) is 54.3 Å². The van der Waals surface area contributed by atoms with E-state index in [0.717, 1.165) is 31.3 Å². The largest absolute Gasteiger partial charge is 0.356 e. The highest BCUT2D eigenvalue weighted by atomic mass is 35.5. The quantitative estimate of drug-likeness (QED) is 0.721. The van der Waals surface area contributed by atoms with Crippen molar-refractivity contribution in [3.05, 3.63) is 63.3 Å². The van der Waals surface area contributed by atoms with Gasteiger partial charge in [0.1, 0.15) is 10.1 Å². The Morgan fingerprint density at radius 1 is 1.28 bits per heavy atom. The van der Waals surface area contributed by atoms with Crippen molar-refractivity contribution in [2.45, 2.75) is 18.9 Å². The number of likely N-dealkylation sites (tertiary alicyclic amines) is 1. The van der Waals surface area contributed by atoms with Crippen LogP contribution in [0.25, 0.3) is 0 Å². The molecule has 9 heteroatoms. The zero-order valence-corrected chi connectivity index (χ0v) is 17.8. The smallest absolute Gasteiger partial charge is 0.250 e. The average Bonchev–Trinajstić information content (AvgIpc) is 2.69. The zero-order valence-electron chi connectivity index (χ0n) is 15.4. The lowest BCUT2D eigenvalue weighted by Gasteiger charge is -2.43. The van der Waals surface area contributed by atoms with Gasteiger partial charge in [0, 0.05) is 42.3 Å². The number of rotatable bonds is 3. The molecule has 3 heterocycles. The Bertz CT molecular complexity index is 1030. The summed E-state index contributed by atoms with van der Waals surface area (Å²) in [5.74, 6) is -0.185. The van der Waals surface area contributed by atoms with Crippen LogP contribution in [0.3, 0.4) is 0 Å². The van der Waals surface area contributed by atoms with Gasteiger partial charge in [-0.1, -0.05) is 41.6 Å². The molecule has 1 N–H and O–H groups in total. The summed E-state index contributed by atoms with van der Waals surface area (Å²) in [6.45, 7) is 2.21. The van der Waals surface area contributed by atoms with Gasteiger partial charge >= 0.3 is 0 Å². The minimum atomic E-state index is -0.573. The number of piperidine rings is 1. The van der Waals surface area contributed by atoms with Crippen molar-refractivity contribution in [1.82, 2.24) is 9.47 Å². The van der Waals surface area contributed by atoms with Crippen molar-refractivity contribution in [2.75, 3.05) is 24.2 Å². The standard InChI is InChI=1S/C20H19ClFN3O2S2/c21-14-4-5-16(15(22)7-14)23-18(26)11-29-20(28)24-8-12-6-13(10-24)17-2-1-3-19(27)25(17)9-12/h1-5,7,12-13H,6,8-11H2,(H,23,26). The fourth-order valence-corrected chi connectivity index (χ4v) is 5.18.